The van der Waals surface area contributed by atoms with Crippen molar-refractivity contribution in [2.75, 3.05) is 63.2 Å². The molecule has 2 saturated heterocycles. The Labute approximate surface area is 235 Å². The van der Waals surface area contributed by atoms with E-state index in [0.29, 0.717) is 31.1 Å². The predicted molar refractivity (Wildman–Crippen MR) is 155 cm³/mol. The molecule has 0 aliphatic carbocycles. The molecule has 3 aliphatic heterocycles. The lowest BCUT2D eigenvalue weighted by molar-refractivity contribution is 0.187. The van der Waals surface area contributed by atoms with Crippen LogP contribution in [-0.4, -0.2) is 79.2 Å². The summed E-state index contributed by atoms with van der Waals surface area (Å²) in [6, 6.07) is 13.3. The number of anilines is 2. The van der Waals surface area contributed by atoms with Gasteiger partial charge in [-0.2, -0.15) is 15.2 Å². The topological polar surface area (TPSA) is 71.8 Å². The first kappa shape index (κ1) is 26.0. The van der Waals surface area contributed by atoms with E-state index in [1.54, 1.807) is 0 Å². The van der Waals surface area contributed by atoms with Crippen molar-refractivity contribution in [2.45, 2.75) is 38.3 Å². The highest BCUT2D eigenvalue weighted by molar-refractivity contribution is 6.36. The fourth-order valence-corrected chi connectivity index (χ4v) is 6.70. The average molecular weight is 546 g/mol. The van der Waals surface area contributed by atoms with Gasteiger partial charge < -0.3 is 24.3 Å². The molecule has 9 heteroatoms. The zero-order chi connectivity index (χ0) is 26.9. The van der Waals surface area contributed by atoms with Crippen molar-refractivity contribution in [3.63, 3.8) is 0 Å². The summed E-state index contributed by atoms with van der Waals surface area (Å²) in [5, 5.41) is 12.3. The molecule has 0 bridgehead atoms. The summed E-state index contributed by atoms with van der Waals surface area (Å²) < 4.78 is 6.27. The van der Waals surface area contributed by atoms with Crippen LogP contribution in [0.4, 0.5) is 11.5 Å². The number of benzene rings is 2. The highest BCUT2D eigenvalue weighted by atomic mass is 35.5. The van der Waals surface area contributed by atoms with Gasteiger partial charge in [-0.3, -0.25) is 0 Å². The number of hydrogen-bond acceptors (Lipinski definition) is 8. The number of likely N-dealkylation sites (N-methyl/N-ethyl adjacent to an activating group) is 1. The molecule has 1 unspecified atom stereocenters. The molecule has 1 aromatic heterocycles. The first-order valence-corrected chi connectivity index (χ1v) is 14.4. The molecule has 4 heterocycles. The summed E-state index contributed by atoms with van der Waals surface area (Å²) in [6.45, 7) is 5.74. The Hall–Kier alpha value is -3.28. The van der Waals surface area contributed by atoms with E-state index in [9.17, 15) is 5.26 Å². The van der Waals surface area contributed by atoms with E-state index in [0.717, 1.165) is 85.0 Å². The lowest BCUT2D eigenvalue weighted by atomic mass is 10.0. The number of nitriles is 1. The Morgan fingerprint density at radius 1 is 1.13 bits per heavy atom. The number of fused-ring (bicyclic) bond motifs is 2. The molecular formula is C30H36ClN7O. The SMILES string of the molecule is CN(CC1CCN(C#N)C1)c1nc(OC[C@@H]2CCCN2C)nc2c1CCN(c1cccc3cccc(Cl)c13)C2. The van der Waals surface area contributed by atoms with E-state index in [1.807, 2.05) is 17.0 Å². The Morgan fingerprint density at radius 3 is 2.74 bits per heavy atom. The van der Waals surface area contributed by atoms with Crippen LogP contribution in [-0.2, 0) is 13.0 Å². The Morgan fingerprint density at radius 2 is 1.97 bits per heavy atom. The highest BCUT2D eigenvalue weighted by Gasteiger charge is 2.29. The number of rotatable bonds is 7. The standard InChI is InChI=1S/C30H36ClN7O/c1-35-13-5-8-23(35)19-39-30-33-26-18-38(27-10-4-7-22-6-3-9-25(31)28(22)27)15-12-24(26)29(34-30)36(2)16-21-11-14-37(17-21)20-32/h3-4,6-7,9-10,21,23H,5,8,11-19H2,1-2H3/t21?,23-/m0/s1. The molecule has 6 rings (SSSR count). The first-order chi connectivity index (χ1) is 19.0. The smallest absolute Gasteiger partial charge is 0.318 e. The summed E-state index contributed by atoms with van der Waals surface area (Å²) >= 11 is 6.68. The van der Waals surface area contributed by atoms with Crippen LogP contribution in [0.2, 0.25) is 5.02 Å². The third kappa shape index (κ3) is 5.30. The zero-order valence-corrected chi connectivity index (χ0v) is 23.6. The summed E-state index contributed by atoms with van der Waals surface area (Å²) in [5.41, 5.74) is 3.34. The summed E-state index contributed by atoms with van der Waals surface area (Å²) in [4.78, 5) is 18.8. The maximum Gasteiger partial charge on any atom is 0.318 e. The minimum atomic E-state index is 0.399. The van der Waals surface area contributed by atoms with Crippen molar-refractivity contribution in [1.29, 1.82) is 5.26 Å². The first-order valence-electron chi connectivity index (χ1n) is 14.0. The van der Waals surface area contributed by atoms with E-state index in [4.69, 9.17) is 26.3 Å². The highest BCUT2D eigenvalue weighted by Crippen LogP contribution is 2.37. The average Bonchev–Trinajstić information content (AvgIpc) is 3.59. The van der Waals surface area contributed by atoms with Crippen LogP contribution in [0.15, 0.2) is 36.4 Å². The van der Waals surface area contributed by atoms with E-state index in [2.05, 4.69) is 59.3 Å². The molecule has 0 saturated carbocycles. The molecule has 8 nitrogen and oxygen atoms in total. The second-order valence-corrected chi connectivity index (χ2v) is 11.6. The molecule has 204 valence electrons. The Bertz CT molecular complexity index is 1390. The molecule has 2 atom stereocenters. The van der Waals surface area contributed by atoms with Crippen molar-refractivity contribution >= 4 is 33.9 Å². The fraction of sp³-hybridized carbons (Fsp3) is 0.500. The van der Waals surface area contributed by atoms with Crippen LogP contribution in [0.25, 0.3) is 10.8 Å². The van der Waals surface area contributed by atoms with E-state index < -0.39 is 0 Å². The van der Waals surface area contributed by atoms with E-state index in [1.165, 1.54) is 12.0 Å². The molecular weight excluding hydrogens is 510 g/mol. The second kappa shape index (κ2) is 11.1. The normalized spacial score (nSPS) is 21.3. The summed E-state index contributed by atoms with van der Waals surface area (Å²) in [7, 11) is 4.27. The van der Waals surface area contributed by atoms with Crippen LogP contribution in [0.3, 0.4) is 0 Å². The lowest BCUT2D eigenvalue weighted by Crippen LogP contribution is -2.35. The van der Waals surface area contributed by atoms with Gasteiger partial charge in [-0.15, -0.1) is 0 Å². The van der Waals surface area contributed by atoms with Crippen LogP contribution in [0.5, 0.6) is 6.01 Å². The van der Waals surface area contributed by atoms with Crippen molar-refractivity contribution in [3.8, 4) is 12.2 Å². The number of likely N-dealkylation sites (tertiary alicyclic amines) is 2. The van der Waals surface area contributed by atoms with Crippen LogP contribution in [0.1, 0.15) is 30.5 Å². The number of halogens is 1. The van der Waals surface area contributed by atoms with Gasteiger partial charge in [0, 0.05) is 55.9 Å². The summed E-state index contributed by atoms with van der Waals surface area (Å²) in [6.07, 6.45) is 6.51. The molecule has 0 amide bonds. The van der Waals surface area contributed by atoms with Gasteiger partial charge in [-0.25, -0.2) is 0 Å². The van der Waals surface area contributed by atoms with Gasteiger partial charge in [-0.05, 0) is 62.7 Å². The second-order valence-electron chi connectivity index (χ2n) is 11.2. The van der Waals surface area contributed by atoms with Gasteiger partial charge in [0.25, 0.3) is 0 Å². The largest absolute Gasteiger partial charge is 0.462 e. The Balaban J connectivity index is 1.30. The van der Waals surface area contributed by atoms with Gasteiger partial charge in [0.05, 0.1) is 17.3 Å². The van der Waals surface area contributed by atoms with Gasteiger partial charge in [0.2, 0.25) is 0 Å². The molecule has 39 heavy (non-hydrogen) atoms. The Kier molecular flexibility index (Phi) is 7.37. The molecule has 0 N–H and O–H groups in total. The molecule has 2 aromatic carbocycles. The van der Waals surface area contributed by atoms with Gasteiger partial charge in [0.15, 0.2) is 6.19 Å². The molecule has 3 aromatic rings. The van der Waals surface area contributed by atoms with Crippen LogP contribution < -0.4 is 14.5 Å². The minimum Gasteiger partial charge on any atom is -0.462 e. The van der Waals surface area contributed by atoms with Gasteiger partial charge in [0.1, 0.15) is 12.4 Å². The van der Waals surface area contributed by atoms with Crippen molar-refractivity contribution in [1.82, 2.24) is 19.8 Å². The molecule has 0 spiro atoms. The van der Waals surface area contributed by atoms with Crippen LogP contribution >= 0.6 is 11.6 Å². The predicted octanol–water partition coefficient (Wildman–Crippen LogP) is 4.56. The van der Waals surface area contributed by atoms with Crippen molar-refractivity contribution in [2.24, 2.45) is 5.92 Å². The van der Waals surface area contributed by atoms with Crippen molar-refractivity contribution in [3.05, 3.63) is 52.7 Å². The van der Waals surface area contributed by atoms with E-state index >= 15 is 0 Å². The molecule has 2 fully saturated rings. The number of nitrogens with zero attached hydrogens (tertiary/aromatic N) is 7. The minimum absolute atomic E-state index is 0.399. The zero-order valence-electron chi connectivity index (χ0n) is 22.8. The number of hydrogen-bond donors (Lipinski definition) is 0. The van der Waals surface area contributed by atoms with Crippen molar-refractivity contribution < 1.29 is 4.74 Å². The third-order valence-corrected chi connectivity index (χ3v) is 8.91. The quantitative estimate of drug-likeness (QED) is 0.400. The monoisotopic (exact) mass is 545 g/mol. The van der Waals surface area contributed by atoms with Gasteiger partial charge >= 0.3 is 6.01 Å². The van der Waals surface area contributed by atoms with Gasteiger partial charge in [-0.1, -0.05) is 35.9 Å². The lowest BCUT2D eigenvalue weighted by Gasteiger charge is -2.34. The molecule has 0 radical (unpaired) electrons. The number of aromatic nitrogens is 2. The maximum atomic E-state index is 9.31. The molecule has 3 aliphatic rings. The maximum absolute atomic E-state index is 9.31. The fourth-order valence-electron chi connectivity index (χ4n) is 6.42. The van der Waals surface area contributed by atoms with E-state index in [-0.39, 0.29) is 0 Å². The third-order valence-electron chi connectivity index (χ3n) is 8.59. The number of ether oxygens (including phenoxy) is 1. The van der Waals surface area contributed by atoms with Crippen LogP contribution in [0, 0.1) is 17.4 Å². The summed E-state index contributed by atoms with van der Waals surface area (Å²) in [5.74, 6) is 1.40.